The molecule has 2 rings (SSSR count). The monoisotopic (exact) mass is 264 g/mol. The number of aryl methyl sites for hydroxylation is 2. The molecule has 108 valence electrons. The summed E-state index contributed by atoms with van der Waals surface area (Å²) in [5.74, 6) is 2.59. The number of anilines is 2. The molecule has 1 heterocycles. The average molecular weight is 264 g/mol. The number of hydrogen-bond donors (Lipinski definition) is 2. The maximum atomic E-state index is 6.18. The topological polar surface area (TPSA) is 55.9 Å². The summed E-state index contributed by atoms with van der Waals surface area (Å²) in [6.07, 6.45) is 4.92. The molecule has 0 radical (unpaired) electrons. The van der Waals surface area contributed by atoms with Crippen LogP contribution >= 0.6 is 0 Å². The third-order valence-electron chi connectivity index (χ3n) is 4.36. The minimum Gasteiger partial charge on any atom is -0.394 e. The summed E-state index contributed by atoms with van der Waals surface area (Å²) in [7, 11) is 0. The minimum atomic E-state index is 0.533. The highest BCUT2D eigenvalue weighted by Crippen LogP contribution is 2.32. The number of hydrogen-bond acceptors (Lipinski definition) is 3. The van der Waals surface area contributed by atoms with Gasteiger partial charge in [0.1, 0.15) is 5.82 Å². The highest BCUT2D eigenvalue weighted by Gasteiger charge is 2.27. The summed E-state index contributed by atoms with van der Waals surface area (Å²) in [6, 6.07) is 0.533. The Morgan fingerprint density at radius 2 is 2.11 bits per heavy atom. The molecule has 0 aliphatic heterocycles. The Morgan fingerprint density at radius 1 is 1.37 bits per heavy atom. The van der Waals surface area contributed by atoms with Gasteiger partial charge in [0.05, 0.1) is 11.4 Å². The van der Waals surface area contributed by atoms with Gasteiger partial charge < -0.3 is 11.1 Å². The predicted molar refractivity (Wildman–Crippen MR) is 81.3 cm³/mol. The largest absolute Gasteiger partial charge is 0.394 e. The quantitative estimate of drug-likeness (QED) is 0.876. The van der Waals surface area contributed by atoms with Crippen molar-refractivity contribution < 1.29 is 0 Å². The summed E-state index contributed by atoms with van der Waals surface area (Å²) in [4.78, 5) is 0. The van der Waals surface area contributed by atoms with E-state index in [1.165, 1.54) is 19.3 Å². The van der Waals surface area contributed by atoms with Crippen molar-refractivity contribution in [3.63, 3.8) is 0 Å². The summed E-state index contributed by atoms with van der Waals surface area (Å²) in [5, 5.41) is 8.20. The van der Waals surface area contributed by atoms with Crippen molar-refractivity contribution in [2.24, 2.45) is 11.8 Å². The molecule has 3 atom stereocenters. The van der Waals surface area contributed by atoms with Crippen molar-refractivity contribution in [3.05, 3.63) is 5.69 Å². The SMILES string of the molecule is CCCn1nc(C)c(N)c1NC1CCC(C)CC1C. The van der Waals surface area contributed by atoms with E-state index in [4.69, 9.17) is 5.73 Å². The van der Waals surface area contributed by atoms with Gasteiger partial charge >= 0.3 is 0 Å². The normalized spacial score (nSPS) is 27.5. The molecule has 0 aromatic carbocycles. The molecule has 1 aromatic heterocycles. The molecule has 19 heavy (non-hydrogen) atoms. The van der Waals surface area contributed by atoms with Crippen LogP contribution in [0.15, 0.2) is 0 Å². The van der Waals surface area contributed by atoms with E-state index >= 15 is 0 Å². The summed E-state index contributed by atoms with van der Waals surface area (Å²) in [6.45, 7) is 9.78. The predicted octanol–water partition coefficient (Wildman–Crippen LogP) is 3.42. The van der Waals surface area contributed by atoms with Crippen LogP contribution < -0.4 is 11.1 Å². The summed E-state index contributed by atoms with van der Waals surface area (Å²) in [5.41, 5.74) is 7.93. The molecule has 4 heteroatoms. The number of nitrogens with one attached hydrogen (secondary N) is 1. The molecule has 3 unspecified atom stereocenters. The maximum Gasteiger partial charge on any atom is 0.148 e. The lowest BCUT2D eigenvalue weighted by atomic mass is 9.80. The van der Waals surface area contributed by atoms with E-state index in [2.05, 4.69) is 31.2 Å². The Bertz CT molecular complexity index is 424. The van der Waals surface area contributed by atoms with Crippen LogP contribution in [-0.2, 0) is 6.54 Å². The first-order chi connectivity index (χ1) is 9.02. The molecular weight excluding hydrogens is 236 g/mol. The first-order valence-corrected chi connectivity index (χ1v) is 7.62. The molecule has 1 aromatic rings. The highest BCUT2D eigenvalue weighted by molar-refractivity contribution is 5.65. The second-order valence-electron chi connectivity index (χ2n) is 6.22. The maximum absolute atomic E-state index is 6.18. The highest BCUT2D eigenvalue weighted by atomic mass is 15.3. The summed E-state index contributed by atoms with van der Waals surface area (Å²) < 4.78 is 2.04. The Balaban J connectivity index is 2.14. The van der Waals surface area contributed by atoms with E-state index in [9.17, 15) is 0 Å². The zero-order valence-electron chi connectivity index (χ0n) is 12.7. The van der Waals surface area contributed by atoms with Crippen LogP contribution in [0.3, 0.4) is 0 Å². The second kappa shape index (κ2) is 5.85. The zero-order valence-corrected chi connectivity index (χ0v) is 12.7. The third-order valence-corrected chi connectivity index (χ3v) is 4.36. The van der Waals surface area contributed by atoms with Crippen LogP contribution in [0.25, 0.3) is 0 Å². The minimum absolute atomic E-state index is 0.533. The van der Waals surface area contributed by atoms with Gasteiger partial charge in [-0.15, -0.1) is 0 Å². The smallest absolute Gasteiger partial charge is 0.148 e. The fourth-order valence-electron chi connectivity index (χ4n) is 3.18. The fraction of sp³-hybridized carbons (Fsp3) is 0.800. The fourth-order valence-corrected chi connectivity index (χ4v) is 3.18. The molecule has 1 aliphatic rings. The van der Waals surface area contributed by atoms with Gasteiger partial charge in [0.15, 0.2) is 0 Å². The van der Waals surface area contributed by atoms with Gasteiger partial charge in [0.2, 0.25) is 0 Å². The zero-order chi connectivity index (χ0) is 14.0. The molecule has 0 bridgehead atoms. The lowest BCUT2D eigenvalue weighted by Gasteiger charge is -2.34. The Morgan fingerprint density at radius 3 is 2.74 bits per heavy atom. The molecule has 0 spiro atoms. The third kappa shape index (κ3) is 3.04. The first-order valence-electron chi connectivity index (χ1n) is 7.62. The Kier molecular flexibility index (Phi) is 4.38. The van der Waals surface area contributed by atoms with Crippen molar-refractivity contribution in [2.45, 2.75) is 66.0 Å². The standard InChI is InChI=1S/C15H28N4/c1-5-8-19-15(14(16)12(4)18-19)17-13-7-6-10(2)9-11(13)3/h10-11,13,17H,5-9,16H2,1-4H3. The number of nitrogens with two attached hydrogens (primary N) is 1. The molecule has 0 saturated heterocycles. The molecular formula is C15H28N4. The number of aromatic nitrogens is 2. The molecule has 4 nitrogen and oxygen atoms in total. The van der Waals surface area contributed by atoms with Crippen LogP contribution in [0.1, 0.15) is 52.1 Å². The molecule has 1 fully saturated rings. The van der Waals surface area contributed by atoms with E-state index in [-0.39, 0.29) is 0 Å². The van der Waals surface area contributed by atoms with Crippen molar-refractivity contribution in [1.82, 2.24) is 9.78 Å². The average Bonchev–Trinajstić information content (AvgIpc) is 2.61. The van der Waals surface area contributed by atoms with Gasteiger partial charge in [-0.25, -0.2) is 4.68 Å². The van der Waals surface area contributed by atoms with E-state index in [1.807, 2.05) is 11.6 Å². The van der Waals surface area contributed by atoms with Crippen LogP contribution in [0.4, 0.5) is 11.5 Å². The van der Waals surface area contributed by atoms with Crippen molar-refractivity contribution in [3.8, 4) is 0 Å². The van der Waals surface area contributed by atoms with Crippen LogP contribution in [-0.4, -0.2) is 15.8 Å². The molecule has 1 aliphatic carbocycles. The van der Waals surface area contributed by atoms with E-state index in [0.717, 1.165) is 36.1 Å². The van der Waals surface area contributed by atoms with Gasteiger partial charge in [0, 0.05) is 12.6 Å². The van der Waals surface area contributed by atoms with Gasteiger partial charge in [-0.3, -0.25) is 0 Å². The molecule has 0 amide bonds. The van der Waals surface area contributed by atoms with Gasteiger partial charge in [-0.05, 0) is 44.4 Å². The molecule has 1 saturated carbocycles. The van der Waals surface area contributed by atoms with Gasteiger partial charge in [-0.1, -0.05) is 20.8 Å². The van der Waals surface area contributed by atoms with Crippen LogP contribution in [0.5, 0.6) is 0 Å². The Hall–Kier alpha value is -1.19. The van der Waals surface area contributed by atoms with Crippen molar-refractivity contribution >= 4 is 11.5 Å². The van der Waals surface area contributed by atoms with Crippen molar-refractivity contribution in [2.75, 3.05) is 11.1 Å². The lowest BCUT2D eigenvalue weighted by Crippen LogP contribution is -2.34. The van der Waals surface area contributed by atoms with Crippen LogP contribution in [0.2, 0.25) is 0 Å². The van der Waals surface area contributed by atoms with Crippen molar-refractivity contribution in [1.29, 1.82) is 0 Å². The number of rotatable bonds is 4. The Labute approximate surface area is 116 Å². The van der Waals surface area contributed by atoms with Gasteiger partial charge in [0.25, 0.3) is 0 Å². The van der Waals surface area contributed by atoms with Crippen LogP contribution in [0, 0.1) is 18.8 Å². The molecule has 3 N–H and O–H groups in total. The lowest BCUT2D eigenvalue weighted by molar-refractivity contribution is 0.275. The second-order valence-corrected chi connectivity index (χ2v) is 6.22. The van der Waals surface area contributed by atoms with E-state index in [1.54, 1.807) is 0 Å². The number of nitrogen functional groups attached to an aromatic ring is 1. The van der Waals surface area contributed by atoms with E-state index in [0.29, 0.717) is 12.0 Å². The van der Waals surface area contributed by atoms with E-state index < -0.39 is 0 Å². The van der Waals surface area contributed by atoms with Gasteiger partial charge in [-0.2, -0.15) is 5.10 Å². The number of nitrogens with zero attached hydrogens (tertiary/aromatic N) is 2. The summed E-state index contributed by atoms with van der Waals surface area (Å²) >= 11 is 0. The first kappa shape index (κ1) is 14.2.